The first kappa shape index (κ1) is 53.4. The molecule has 23 heteroatoms. The quantitative estimate of drug-likeness (QED) is 0.0536. The summed E-state index contributed by atoms with van der Waals surface area (Å²) in [6.45, 7) is 5.98. The maximum atomic E-state index is 14.1. The maximum absolute atomic E-state index is 14.1. The summed E-state index contributed by atoms with van der Waals surface area (Å²) in [5.74, 6) is -8.50. The Bertz CT molecular complexity index is 1990. The number of benzene rings is 1. The molecule has 10 atom stereocenters. The number of rotatable bonds is 22. The standard InChI is InChI=1S/C44H66N10O13/c1-23(2)34(50-36(58)24(3)47-38(60)30-13-8-18-52(30)42(64)32-15-10-20-54(32)41(63)27(45)22-55)43(65)53-19-9-14-31(53)39(61)48-28(16-17-33(46)57)37(59)51-35(25(4)56)40(62)49-29(44(66)67)21-26-11-6-5-7-12-26/h5-7,11-12,23-25,27-32,34-35,55-56H,8-10,13-22,45H2,1-4H3,(H2,46,57)(H,47,60)(H,48,61)(H,49,62)(H,50,58)(H,51,59)(H,66,67)/t24-,25+,27-,28-,29-,30-,31-,32-,34-,35-/m0/s1. The Labute approximate surface area is 388 Å². The average molecular weight is 943 g/mol. The van der Waals surface area contributed by atoms with Crippen LogP contribution in [0.25, 0.3) is 0 Å². The first-order valence-corrected chi connectivity index (χ1v) is 22.7. The van der Waals surface area contributed by atoms with Crippen LogP contribution in [-0.4, -0.2) is 176 Å². The molecule has 0 spiro atoms. The fourth-order valence-corrected chi connectivity index (χ4v) is 8.52. The summed E-state index contributed by atoms with van der Waals surface area (Å²) < 4.78 is 0. The minimum atomic E-state index is -1.69. The highest BCUT2D eigenvalue weighted by Gasteiger charge is 2.44. The van der Waals surface area contributed by atoms with Gasteiger partial charge in [-0.15, -0.1) is 0 Å². The van der Waals surface area contributed by atoms with Crippen molar-refractivity contribution < 1.29 is 63.3 Å². The number of primary amides is 1. The van der Waals surface area contributed by atoms with E-state index in [1.807, 2.05) is 0 Å². The number of aliphatic carboxylic acids is 1. The third-order valence-electron chi connectivity index (χ3n) is 12.3. The summed E-state index contributed by atoms with van der Waals surface area (Å²) in [6, 6.07) is -2.66. The highest BCUT2D eigenvalue weighted by molar-refractivity contribution is 5.98. The zero-order valence-corrected chi connectivity index (χ0v) is 38.4. The molecule has 0 unspecified atom stereocenters. The van der Waals surface area contributed by atoms with E-state index in [2.05, 4.69) is 26.6 Å². The second-order valence-electron chi connectivity index (χ2n) is 17.7. The van der Waals surface area contributed by atoms with Crippen LogP contribution in [0.4, 0.5) is 0 Å². The fraction of sp³-hybridized carbons (Fsp3) is 0.636. The van der Waals surface area contributed by atoms with Gasteiger partial charge in [-0.25, -0.2) is 4.79 Å². The van der Waals surface area contributed by atoms with Gasteiger partial charge in [0.25, 0.3) is 0 Å². The van der Waals surface area contributed by atoms with Gasteiger partial charge < -0.3 is 68.1 Å². The number of carbonyl (C=O) groups excluding carboxylic acids is 9. The van der Waals surface area contributed by atoms with Crippen molar-refractivity contribution in [1.82, 2.24) is 41.3 Å². The molecule has 12 N–H and O–H groups in total. The fourth-order valence-electron chi connectivity index (χ4n) is 8.52. The lowest BCUT2D eigenvalue weighted by Crippen LogP contribution is -2.61. The van der Waals surface area contributed by atoms with Crippen LogP contribution in [0.3, 0.4) is 0 Å². The molecule has 4 rings (SSSR count). The Morgan fingerprint density at radius 1 is 0.672 bits per heavy atom. The third-order valence-corrected chi connectivity index (χ3v) is 12.3. The van der Waals surface area contributed by atoms with Crippen LogP contribution < -0.4 is 38.1 Å². The molecule has 0 aromatic heterocycles. The first-order valence-electron chi connectivity index (χ1n) is 22.7. The van der Waals surface area contributed by atoms with E-state index in [1.54, 1.807) is 44.2 Å². The molecule has 3 aliphatic heterocycles. The van der Waals surface area contributed by atoms with E-state index in [0.29, 0.717) is 37.7 Å². The molecule has 1 aromatic carbocycles. The normalized spacial score (nSPS) is 21.3. The Morgan fingerprint density at radius 3 is 1.76 bits per heavy atom. The number of hydrogen-bond acceptors (Lipinski definition) is 13. The van der Waals surface area contributed by atoms with Gasteiger partial charge in [-0.2, -0.15) is 0 Å². The number of carbonyl (C=O) groups is 10. The second-order valence-corrected chi connectivity index (χ2v) is 17.7. The number of nitrogens with two attached hydrogens (primary N) is 2. The van der Waals surface area contributed by atoms with E-state index >= 15 is 0 Å². The molecule has 0 bridgehead atoms. The lowest BCUT2D eigenvalue weighted by molar-refractivity contribution is -0.147. The topological polar surface area (TPSA) is 353 Å². The van der Waals surface area contributed by atoms with Crippen molar-refractivity contribution in [2.75, 3.05) is 26.2 Å². The molecule has 23 nitrogen and oxygen atoms in total. The molecule has 0 radical (unpaired) electrons. The minimum Gasteiger partial charge on any atom is -0.480 e. The highest BCUT2D eigenvalue weighted by atomic mass is 16.4. The van der Waals surface area contributed by atoms with Crippen LogP contribution >= 0.6 is 0 Å². The molecule has 3 saturated heterocycles. The van der Waals surface area contributed by atoms with E-state index in [1.165, 1.54) is 28.5 Å². The van der Waals surface area contributed by atoms with Gasteiger partial charge >= 0.3 is 5.97 Å². The van der Waals surface area contributed by atoms with Crippen LogP contribution in [0.5, 0.6) is 0 Å². The van der Waals surface area contributed by atoms with Crippen LogP contribution in [0.2, 0.25) is 0 Å². The Morgan fingerprint density at radius 2 is 1.21 bits per heavy atom. The van der Waals surface area contributed by atoms with Gasteiger partial charge in [0.1, 0.15) is 54.4 Å². The van der Waals surface area contributed by atoms with Crippen LogP contribution in [0.1, 0.15) is 84.6 Å². The van der Waals surface area contributed by atoms with Crippen molar-refractivity contribution >= 4 is 59.1 Å². The lowest BCUT2D eigenvalue weighted by Gasteiger charge is -2.33. The molecule has 3 heterocycles. The number of nitrogens with one attached hydrogen (secondary N) is 5. The van der Waals surface area contributed by atoms with Crippen molar-refractivity contribution in [3.8, 4) is 0 Å². The smallest absolute Gasteiger partial charge is 0.326 e. The number of likely N-dealkylation sites (tertiary alicyclic amines) is 3. The number of amides is 9. The average Bonchev–Trinajstić information content (AvgIpc) is 4.09. The van der Waals surface area contributed by atoms with Gasteiger partial charge in [-0.1, -0.05) is 44.2 Å². The summed E-state index contributed by atoms with van der Waals surface area (Å²) in [7, 11) is 0. The molecule has 0 saturated carbocycles. The number of hydrogen-bond donors (Lipinski definition) is 10. The van der Waals surface area contributed by atoms with E-state index in [9.17, 15) is 63.3 Å². The number of aliphatic hydroxyl groups is 2. The van der Waals surface area contributed by atoms with Crippen LogP contribution in [0.15, 0.2) is 30.3 Å². The summed E-state index contributed by atoms with van der Waals surface area (Å²) >= 11 is 0. The zero-order valence-electron chi connectivity index (χ0n) is 38.4. The number of carboxylic acid groups (broad SMARTS) is 1. The second kappa shape index (κ2) is 24.5. The predicted octanol–water partition coefficient (Wildman–Crippen LogP) is -3.65. The number of aliphatic hydroxyl groups excluding tert-OH is 2. The van der Waals surface area contributed by atoms with Gasteiger partial charge in [0.2, 0.25) is 53.2 Å². The van der Waals surface area contributed by atoms with Gasteiger partial charge in [-0.05, 0) is 70.3 Å². The Balaban J connectivity index is 1.40. The van der Waals surface area contributed by atoms with Crippen molar-refractivity contribution in [2.24, 2.45) is 17.4 Å². The third kappa shape index (κ3) is 14.2. The molecular weight excluding hydrogens is 877 g/mol. The highest BCUT2D eigenvalue weighted by Crippen LogP contribution is 2.26. The number of carboxylic acids is 1. The molecule has 0 aliphatic carbocycles. The molecule has 3 fully saturated rings. The molecular formula is C44H66N10O13. The largest absolute Gasteiger partial charge is 0.480 e. The van der Waals surface area contributed by atoms with Crippen LogP contribution in [-0.2, 0) is 54.4 Å². The van der Waals surface area contributed by atoms with Crippen molar-refractivity contribution in [1.29, 1.82) is 0 Å². The van der Waals surface area contributed by atoms with E-state index in [-0.39, 0.29) is 45.3 Å². The lowest BCUT2D eigenvalue weighted by atomic mass is 10.0. The minimum absolute atomic E-state index is 0.0972. The predicted molar refractivity (Wildman–Crippen MR) is 237 cm³/mol. The van der Waals surface area contributed by atoms with Gasteiger partial charge in [0, 0.05) is 32.5 Å². The molecule has 3 aliphatic rings. The van der Waals surface area contributed by atoms with Gasteiger partial charge in [-0.3, -0.25) is 43.2 Å². The molecule has 67 heavy (non-hydrogen) atoms. The Hall–Kier alpha value is -6.20. The summed E-state index contributed by atoms with van der Waals surface area (Å²) in [6.07, 6.45) is -0.160. The summed E-state index contributed by atoms with van der Waals surface area (Å²) in [4.78, 5) is 136. The Kier molecular flexibility index (Phi) is 19.6. The van der Waals surface area contributed by atoms with Crippen molar-refractivity contribution in [2.45, 2.75) is 146 Å². The van der Waals surface area contributed by atoms with E-state index in [4.69, 9.17) is 11.5 Å². The van der Waals surface area contributed by atoms with Crippen molar-refractivity contribution in [3.63, 3.8) is 0 Å². The molecule has 370 valence electrons. The van der Waals surface area contributed by atoms with E-state index < -0.39 is 132 Å². The number of nitrogens with zero attached hydrogens (tertiary/aromatic N) is 3. The summed E-state index contributed by atoms with van der Waals surface area (Å²) in [5, 5.41) is 42.2. The van der Waals surface area contributed by atoms with E-state index in [0.717, 1.165) is 0 Å². The maximum Gasteiger partial charge on any atom is 0.326 e. The SMILES string of the molecule is CC(C)[C@H](NC(=O)[C@H](C)NC(=O)[C@@H]1CCCN1C(=O)[C@@H]1CCCN1C(=O)[C@@H](N)CO)C(=O)N1CCC[C@H]1C(=O)N[C@@H](CCC(N)=O)C(=O)N[C@H](C(=O)N[C@@H](Cc1ccccc1)C(=O)O)[C@@H](C)O. The molecule has 1 aromatic rings. The zero-order chi connectivity index (χ0) is 49.7. The van der Waals surface area contributed by atoms with Gasteiger partial charge in [0.05, 0.1) is 12.7 Å². The summed E-state index contributed by atoms with van der Waals surface area (Å²) in [5.41, 5.74) is 11.7. The van der Waals surface area contributed by atoms with Crippen molar-refractivity contribution in [3.05, 3.63) is 35.9 Å². The van der Waals surface area contributed by atoms with Gasteiger partial charge in [0.15, 0.2) is 0 Å². The van der Waals surface area contributed by atoms with Crippen LogP contribution in [0, 0.1) is 5.92 Å². The first-order chi connectivity index (χ1) is 31.7. The monoisotopic (exact) mass is 942 g/mol. The molecule has 9 amide bonds.